The summed E-state index contributed by atoms with van der Waals surface area (Å²) in [7, 11) is 1.56. The van der Waals surface area contributed by atoms with E-state index in [4.69, 9.17) is 9.84 Å². The average molecular weight is 299 g/mol. The van der Waals surface area contributed by atoms with E-state index in [9.17, 15) is 9.59 Å². The summed E-state index contributed by atoms with van der Waals surface area (Å²) in [4.78, 5) is 23.3. The smallest absolute Gasteiger partial charge is 0.305 e. The zero-order valence-electron chi connectivity index (χ0n) is 12.2. The Labute approximate surface area is 128 Å². The van der Waals surface area contributed by atoms with Crippen LogP contribution in [0.5, 0.6) is 5.75 Å². The number of ether oxygens (including phenoxy) is 1. The highest BCUT2D eigenvalue weighted by Crippen LogP contribution is 2.21. The van der Waals surface area contributed by atoms with Gasteiger partial charge >= 0.3 is 5.97 Å². The van der Waals surface area contributed by atoms with Gasteiger partial charge in [-0.1, -0.05) is 30.3 Å². The van der Waals surface area contributed by atoms with Crippen molar-refractivity contribution in [3.8, 4) is 5.75 Å². The minimum absolute atomic E-state index is 0.190. The molecule has 22 heavy (non-hydrogen) atoms. The van der Waals surface area contributed by atoms with E-state index in [1.165, 1.54) is 0 Å². The van der Waals surface area contributed by atoms with Crippen molar-refractivity contribution < 1.29 is 19.4 Å². The molecule has 5 heteroatoms. The highest BCUT2D eigenvalue weighted by Gasteiger charge is 2.18. The van der Waals surface area contributed by atoms with E-state index in [-0.39, 0.29) is 12.3 Å². The predicted octanol–water partition coefficient (Wildman–Crippen LogP) is 2.64. The number of aliphatic carboxylic acids is 1. The van der Waals surface area contributed by atoms with Crippen molar-refractivity contribution in [3.05, 3.63) is 65.7 Å². The fourth-order valence-corrected chi connectivity index (χ4v) is 2.09. The molecule has 0 saturated heterocycles. The first-order valence-electron chi connectivity index (χ1n) is 6.82. The Morgan fingerprint density at radius 1 is 1.09 bits per heavy atom. The Morgan fingerprint density at radius 2 is 1.73 bits per heavy atom. The van der Waals surface area contributed by atoms with E-state index in [1.54, 1.807) is 55.6 Å². The maximum Gasteiger partial charge on any atom is 0.305 e. The topological polar surface area (TPSA) is 75.6 Å². The molecule has 0 unspecified atom stereocenters. The van der Waals surface area contributed by atoms with Gasteiger partial charge in [-0.3, -0.25) is 9.59 Å². The van der Waals surface area contributed by atoms with Gasteiger partial charge in [-0.15, -0.1) is 0 Å². The number of amides is 1. The van der Waals surface area contributed by atoms with E-state index >= 15 is 0 Å². The first-order chi connectivity index (χ1) is 10.6. The Bertz CT molecular complexity index is 637. The molecular formula is C17H17NO4. The van der Waals surface area contributed by atoms with Crippen LogP contribution in [0.15, 0.2) is 54.6 Å². The monoisotopic (exact) mass is 299 g/mol. The fraction of sp³-hybridized carbons (Fsp3) is 0.176. The number of carboxylic acid groups (broad SMARTS) is 1. The summed E-state index contributed by atoms with van der Waals surface area (Å²) in [5.74, 6) is -0.607. The molecule has 0 fully saturated rings. The van der Waals surface area contributed by atoms with Crippen molar-refractivity contribution in [2.45, 2.75) is 12.5 Å². The van der Waals surface area contributed by atoms with Crippen LogP contribution in [-0.4, -0.2) is 24.1 Å². The van der Waals surface area contributed by atoms with Crippen LogP contribution in [0.3, 0.4) is 0 Å². The van der Waals surface area contributed by atoms with Crippen molar-refractivity contribution in [3.63, 3.8) is 0 Å². The zero-order chi connectivity index (χ0) is 15.9. The van der Waals surface area contributed by atoms with Crippen LogP contribution in [-0.2, 0) is 4.79 Å². The molecular weight excluding hydrogens is 282 g/mol. The number of hydrogen-bond acceptors (Lipinski definition) is 3. The van der Waals surface area contributed by atoms with Crippen molar-refractivity contribution >= 4 is 11.9 Å². The summed E-state index contributed by atoms with van der Waals surface area (Å²) >= 11 is 0. The van der Waals surface area contributed by atoms with Crippen LogP contribution in [0.25, 0.3) is 0 Å². The third-order valence-electron chi connectivity index (χ3n) is 3.24. The quantitative estimate of drug-likeness (QED) is 0.859. The van der Waals surface area contributed by atoms with Gasteiger partial charge in [-0.05, 0) is 29.8 Å². The molecule has 0 aliphatic carbocycles. The molecule has 1 amide bonds. The van der Waals surface area contributed by atoms with Gasteiger partial charge in [0.15, 0.2) is 0 Å². The first-order valence-corrected chi connectivity index (χ1v) is 6.82. The summed E-state index contributed by atoms with van der Waals surface area (Å²) in [6.45, 7) is 0. The predicted molar refractivity (Wildman–Crippen MR) is 81.9 cm³/mol. The average Bonchev–Trinajstić information content (AvgIpc) is 2.54. The number of rotatable bonds is 6. The van der Waals surface area contributed by atoms with Gasteiger partial charge in [0.1, 0.15) is 5.75 Å². The lowest BCUT2D eigenvalue weighted by Gasteiger charge is -2.18. The Balaban J connectivity index is 2.18. The molecule has 0 heterocycles. The standard InChI is InChI=1S/C17H17NO4/c1-22-14-9-7-12(8-10-14)15(11-16(19)20)18-17(21)13-5-3-2-4-6-13/h2-10,15H,11H2,1H3,(H,18,21)(H,19,20)/t15-/m0/s1. The number of carboxylic acids is 1. The number of carbonyl (C=O) groups excluding carboxylic acids is 1. The number of carbonyl (C=O) groups is 2. The maximum absolute atomic E-state index is 12.2. The van der Waals surface area contributed by atoms with Crippen LogP contribution in [0.4, 0.5) is 0 Å². The van der Waals surface area contributed by atoms with Gasteiger partial charge in [-0.2, -0.15) is 0 Å². The lowest BCUT2D eigenvalue weighted by molar-refractivity contribution is -0.137. The molecule has 0 saturated carbocycles. The van der Waals surface area contributed by atoms with E-state index in [1.807, 2.05) is 6.07 Å². The molecule has 0 aromatic heterocycles. The molecule has 2 rings (SSSR count). The summed E-state index contributed by atoms with van der Waals surface area (Å²) in [5, 5.41) is 11.8. The van der Waals surface area contributed by atoms with Gasteiger partial charge in [0.05, 0.1) is 19.6 Å². The third-order valence-corrected chi connectivity index (χ3v) is 3.24. The highest BCUT2D eigenvalue weighted by atomic mass is 16.5. The molecule has 0 radical (unpaired) electrons. The summed E-state index contributed by atoms with van der Waals surface area (Å²) < 4.78 is 5.08. The Hall–Kier alpha value is -2.82. The second-order valence-corrected chi connectivity index (χ2v) is 4.76. The van der Waals surface area contributed by atoms with Gasteiger partial charge in [0, 0.05) is 5.56 Å². The van der Waals surface area contributed by atoms with E-state index in [0.29, 0.717) is 16.9 Å². The van der Waals surface area contributed by atoms with Crippen molar-refractivity contribution in [1.29, 1.82) is 0 Å². The van der Waals surface area contributed by atoms with Crippen molar-refractivity contribution in [2.24, 2.45) is 0 Å². The van der Waals surface area contributed by atoms with Crippen molar-refractivity contribution in [1.82, 2.24) is 5.32 Å². The minimum Gasteiger partial charge on any atom is -0.497 e. The normalized spacial score (nSPS) is 11.5. The first kappa shape index (κ1) is 15.6. The summed E-state index contributed by atoms with van der Waals surface area (Å²) in [5.41, 5.74) is 1.21. The summed E-state index contributed by atoms with van der Waals surface area (Å²) in [6.07, 6.45) is -0.190. The minimum atomic E-state index is -0.978. The molecule has 0 bridgehead atoms. The molecule has 5 nitrogen and oxygen atoms in total. The van der Waals surface area contributed by atoms with Crippen LogP contribution >= 0.6 is 0 Å². The second kappa shape index (κ2) is 7.26. The van der Waals surface area contributed by atoms with Gasteiger partial charge in [-0.25, -0.2) is 0 Å². The van der Waals surface area contributed by atoms with Gasteiger partial charge in [0.2, 0.25) is 0 Å². The zero-order valence-corrected chi connectivity index (χ0v) is 12.2. The highest BCUT2D eigenvalue weighted by molar-refractivity contribution is 5.94. The van der Waals surface area contributed by atoms with E-state index in [0.717, 1.165) is 0 Å². The third kappa shape index (κ3) is 4.09. The lowest BCUT2D eigenvalue weighted by atomic mass is 10.0. The SMILES string of the molecule is COc1ccc([C@H](CC(=O)O)NC(=O)c2ccccc2)cc1. The van der Waals surface area contributed by atoms with Crippen molar-refractivity contribution in [2.75, 3.05) is 7.11 Å². The Kier molecular flexibility index (Phi) is 5.14. The van der Waals surface area contributed by atoms with E-state index in [2.05, 4.69) is 5.32 Å². The second-order valence-electron chi connectivity index (χ2n) is 4.76. The molecule has 114 valence electrons. The van der Waals surface area contributed by atoms with Crippen LogP contribution in [0, 0.1) is 0 Å². The molecule has 0 aliphatic heterocycles. The fourth-order valence-electron chi connectivity index (χ4n) is 2.09. The number of benzene rings is 2. The Morgan fingerprint density at radius 3 is 2.27 bits per heavy atom. The van der Waals surface area contributed by atoms with Crippen LogP contribution in [0.1, 0.15) is 28.4 Å². The molecule has 1 atom stereocenters. The van der Waals surface area contributed by atoms with Gasteiger partial charge < -0.3 is 15.2 Å². The summed E-state index contributed by atoms with van der Waals surface area (Å²) in [6, 6.07) is 15.1. The molecule has 2 aromatic rings. The maximum atomic E-state index is 12.2. The van der Waals surface area contributed by atoms with Crippen LogP contribution < -0.4 is 10.1 Å². The van der Waals surface area contributed by atoms with Crippen LogP contribution in [0.2, 0.25) is 0 Å². The number of nitrogens with one attached hydrogen (secondary N) is 1. The number of methoxy groups -OCH3 is 1. The van der Waals surface area contributed by atoms with Gasteiger partial charge in [0.25, 0.3) is 5.91 Å². The molecule has 2 N–H and O–H groups in total. The number of hydrogen-bond donors (Lipinski definition) is 2. The van der Waals surface area contributed by atoms with E-state index < -0.39 is 12.0 Å². The molecule has 0 spiro atoms. The molecule has 2 aromatic carbocycles. The largest absolute Gasteiger partial charge is 0.497 e. The lowest BCUT2D eigenvalue weighted by Crippen LogP contribution is -2.30. The molecule has 0 aliphatic rings.